The van der Waals surface area contributed by atoms with Gasteiger partial charge >= 0.3 is 0 Å². The van der Waals surface area contributed by atoms with E-state index in [2.05, 4.69) is 26.1 Å². The van der Waals surface area contributed by atoms with E-state index in [1.54, 1.807) is 11.3 Å². The van der Waals surface area contributed by atoms with Gasteiger partial charge in [-0.2, -0.15) is 4.52 Å². The van der Waals surface area contributed by atoms with Gasteiger partial charge in [0.2, 0.25) is 5.82 Å². The quantitative estimate of drug-likeness (QED) is 0.674. The first-order valence-corrected chi connectivity index (χ1v) is 10.4. The van der Waals surface area contributed by atoms with Gasteiger partial charge in [0.1, 0.15) is 17.2 Å². The molecule has 0 saturated carbocycles. The lowest BCUT2D eigenvalue weighted by atomic mass is 9.94. The Labute approximate surface area is 158 Å². The molecule has 7 heteroatoms. The van der Waals surface area contributed by atoms with Crippen molar-refractivity contribution in [2.45, 2.75) is 72.1 Å². The van der Waals surface area contributed by atoms with Crippen LogP contribution in [0.4, 0.5) is 0 Å². The zero-order chi connectivity index (χ0) is 18.3. The summed E-state index contributed by atoms with van der Waals surface area (Å²) in [6, 6.07) is 0. The molecular weight excluding hydrogens is 346 g/mol. The molecule has 1 aliphatic heterocycles. The minimum absolute atomic E-state index is 0.140. The Morgan fingerprint density at radius 3 is 2.92 bits per heavy atom. The molecule has 3 aromatic rings. The van der Waals surface area contributed by atoms with Crippen molar-refractivity contribution in [2.24, 2.45) is 0 Å². The molecule has 0 unspecified atom stereocenters. The Morgan fingerprint density at radius 2 is 2.12 bits per heavy atom. The average Bonchev–Trinajstić information content (AvgIpc) is 3.15. The van der Waals surface area contributed by atoms with E-state index in [1.807, 2.05) is 11.4 Å². The standard InChI is InChI=1S/C19H27N5OS/c1-5-6-7-8-20-10-15-22-17-16-13-9-19(3,4)25-11-14(13)26-18(16)21-12(2)24(17)23-15/h20H,5-11H2,1-4H3/p+1. The van der Waals surface area contributed by atoms with Gasteiger partial charge in [-0.05, 0) is 39.2 Å². The molecule has 0 aromatic carbocycles. The number of rotatable bonds is 6. The summed E-state index contributed by atoms with van der Waals surface area (Å²) in [7, 11) is 0. The normalized spacial score (nSPS) is 16.5. The number of aryl methyl sites for hydroxylation is 1. The second kappa shape index (κ2) is 6.87. The van der Waals surface area contributed by atoms with Crippen LogP contribution in [0.5, 0.6) is 0 Å². The maximum Gasteiger partial charge on any atom is 0.206 e. The number of nitrogens with two attached hydrogens (primary N) is 1. The van der Waals surface area contributed by atoms with Gasteiger partial charge in [-0.3, -0.25) is 0 Å². The molecule has 3 aromatic heterocycles. The molecule has 0 aliphatic carbocycles. The third-order valence-corrected chi connectivity index (χ3v) is 6.15. The first-order valence-electron chi connectivity index (χ1n) is 9.60. The zero-order valence-corrected chi connectivity index (χ0v) is 16.9. The number of thiophene rings is 1. The van der Waals surface area contributed by atoms with Gasteiger partial charge in [-0.25, -0.2) is 9.97 Å². The van der Waals surface area contributed by atoms with Crippen LogP contribution in [0.1, 0.15) is 62.1 Å². The number of unbranched alkanes of at least 4 members (excludes halogenated alkanes) is 2. The van der Waals surface area contributed by atoms with Crippen molar-refractivity contribution in [3.8, 4) is 0 Å². The summed E-state index contributed by atoms with van der Waals surface area (Å²) in [4.78, 5) is 12.0. The van der Waals surface area contributed by atoms with Crippen LogP contribution < -0.4 is 5.32 Å². The summed E-state index contributed by atoms with van der Waals surface area (Å²) in [6.45, 7) is 11.2. The van der Waals surface area contributed by atoms with Crippen LogP contribution in [0, 0.1) is 6.92 Å². The van der Waals surface area contributed by atoms with E-state index in [0.29, 0.717) is 6.61 Å². The topological polar surface area (TPSA) is 68.9 Å². The third-order valence-electron chi connectivity index (χ3n) is 5.05. The van der Waals surface area contributed by atoms with Crippen LogP contribution in [0.25, 0.3) is 15.9 Å². The van der Waals surface area contributed by atoms with E-state index < -0.39 is 0 Å². The summed E-state index contributed by atoms with van der Waals surface area (Å²) in [5, 5.41) is 8.22. The maximum atomic E-state index is 5.99. The van der Waals surface area contributed by atoms with Crippen molar-refractivity contribution in [1.29, 1.82) is 0 Å². The molecule has 0 atom stereocenters. The Hall–Kier alpha value is -1.57. The molecule has 0 amide bonds. The summed E-state index contributed by atoms with van der Waals surface area (Å²) < 4.78 is 7.91. The Balaban J connectivity index is 1.71. The third kappa shape index (κ3) is 3.23. The van der Waals surface area contributed by atoms with Gasteiger partial charge < -0.3 is 10.1 Å². The first kappa shape index (κ1) is 17.8. The lowest BCUT2D eigenvalue weighted by molar-refractivity contribution is -0.671. The number of fused-ring (bicyclic) bond motifs is 5. The molecule has 2 N–H and O–H groups in total. The van der Waals surface area contributed by atoms with E-state index in [4.69, 9.17) is 19.8 Å². The van der Waals surface area contributed by atoms with Crippen LogP contribution in [0.2, 0.25) is 0 Å². The van der Waals surface area contributed by atoms with Crippen molar-refractivity contribution >= 4 is 27.2 Å². The highest BCUT2D eigenvalue weighted by atomic mass is 32.1. The molecule has 0 fully saturated rings. The molecular formula is C19H28N5OS+. The molecule has 4 heterocycles. The number of hydrogen-bond acceptors (Lipinski definition) is 5. The van der Waals surface area contributed by atoms with E-state index in [1.165, 1.54) is 35.1 Å². The maximum absolute atomic E-state index is 5.99. The van der Waals surface area contributed by atoms with Gasteiger partial charge in [-0.1, -0.05) is 13.3 Å². The monoisotopic (exact) mass is 374 g/mol. The number of aromatic nitrogens is 4. The van der Waals surface area contributed by atoms with E-state index in [-0.39, 0.29) is 5.60 Å². The largest absolute Gasteiger partial charge is 0.370 e. The second-order valence-electron chi connectivity index (χ2n) is 7.82. The van der Waals surface area contributed by atoms with Gasteiger partial charge in [0.25, 0.3) is 0 Å². The molecule has 140 valence electrons. The highest BCUT2D eigenvalue weighted by Gasteiger charge is 2.31. The number of quaternary nitrogens is 1. The first-order chi connectivity index (χ1) is 12.5. The van der Waals surface area contributed by atoms with Gasteiger partial charge in [0.05, 0.1) is 24.1 Å². The van der Waals surface area contributed by atoms with Crippen LogP contribution in [0.3, 0.4) is 0 Å². The fourth-order valence-corrected chi connectivity index (χ4v) is 4.78. The number of ether oxygens (including phenoxy) is 1. The average molecular weight is 375 g/mol. The SMILES string of the molecule is CCCCC[NH2+]Cc1nc2c3c4c(sc3nc(C)n2n1)COC(C)(C)C4. The summed E-state index contributed by atoms with van der Waals surface area (Å²) >= 11 is 1.74. The van der Waals surface area contributed by atoms with E-state index in [0.717, 1.165) is 41.6 Å². The van der Waals surface area contributed by atoms with Crippen LogP contribution >= 0.6 is 11.3 Å². The fraction of sp³-hybridized carbons (Fsp3) is 0.632. The molecule has 6 nitrogen and oxygen atoms in total. The molecule has 0 spiro atoms. The summed E-state index contributed by atoms with van der Waals surface area (Å²) in [6.07, 6.45) is 4.69. The summed E-state index contributed by atoms with van der Waals surface area (Å²) in [5.74, 6) is 1.79. The fourth-order valence-electron chi connectivity index (χ4n) is 3.64. The smallest absolute Gasteiger partial charge is 0.206 e. The number of hydrogen-bond donors (Lipinski definition) is 1. The molecule has 0 bridgehead atoms. The predicted molar refractivity (Wildman–Crippen MR) is 103 cm³/mol. The van der Waals surface area contributed by atoms with Crippen molar-refractivity contribution in [3.63, 3.8) is 0 Å². The van der Waals surface area contributed by atoms with Gasteiger partial charge in [-0.15, -0.1) is 16.4 Å². The predicted octanol–water partition coefficient (Wildman–Crippen LogP) is 2.75. The molecule has 1 aliphatic rings. The zero-order valence-electron chi connectivity index (χ0n) is 16.1. The Bertz CT molecular complexity index is 943. The van der Waals surface area contributed by atoms with Crippen LogP contribution in [0.15, 0.2) is 0 Å². The summed E-state index contributed by atoms with van der Waals surface area (Å²) in [5.41, 5.74) is 2.17. The highest BCUT2D eigenvalue weighted by molar-refractivity contribution is 7.19. The molecule has 26 heavy (non-hydrogen) atoms. The minimum Gasteiger partial charge on any atom is -0.370 e. The van der Waals surface area contributed by atoms with E-state index in [9.17, 15) is 0 Å². The van der Waals surface area contributed by atoms with Crippen molar-refractivity contribution in [1.82, 2.24) is 19.6 Å². The minimum atomic E-state index is -0.140. The molecule has 0 saturated heterocycles. The lowest BCUT2D eigenvalue weighted by Crippen LogP contribution is -2.82. The molecule has 4 rings (SSSR count). The second-order valence-corrected chi connectivity index (χ2v) is 8.90. The lowest BCUT2D eigenvalue weighted by Gasteiger charge is -2.30. The van der Waals surface area contributed by atoms with Crippen molar-refractivity contribution in [3.05, 3.63) is 22.1 Å². The Kier molecular flexibility index (Phi) is 4.71. The van der Waals surface area contributed by atoms with Gasteiger partial charge in [0, 0.05) is 11.3 Å². The van der Waals surface area contributed by atoms with Crippen molar-refractivity contribution < 1.29 is 10.1 Å². The highest BCUT2D eigenvalue weighted by Crippen LogP contribution is 2.39. The number of nitrogens with zero attached hydrogens (tertiary/aromatic N) is 4. The van der Waals surface area contributed by atoms with Crippen LogP contribution in [-0.2, 0) is 24.3 Å². The van der Waals surface area contributed by atoms with Crippen LogP contribution in [-0.4, -0.2) is 31.7 Å². The van der Waals surface area contributed by atoms with Crippen molar-refractivity contribution in [2.75, 3.05) is 6.54 Å². The van der Waals surface area contributed by atoms with Gasteiger partial charge in [0.15, 0.2) is 5.65 Å². The molecule has 0 radical (unpaired) electrons. The Morgan fingerprint density at radius 1 is 1.27 bits per heavy atom. The van der Waals surface area contributed by atoms with E-state index >= 15 is 0 Å².